The quantitative estimate of drug-likeness (QED) is 0.732. The molecular weight excluding hydrogens is 184 g/mol. The molecule has 0 bridgehead atoms. The van der Waals surface area contributed by atoms with E-state index in [9.17, 15) is 0 Å². The molecule has 1 saturated heterocycles. The first kappa shape index (κ1) is 13.0. The van der Waals surface area contributed by atoms with E-state index in [2.05, 4.69) is 25.7 Å². The van der Waals surface area contributed by atoms with Crippen LogP contribution in [0.15, 0.2) is 0 Å². The predicted molar refractivity (Wildman–Crippen MR) is 66.8 cm³/mol. The standard InChI is InChI=1S/C13H28N2/c1-11(2)13-6-8-15(10-13)7-4-5-12(3)9-14/h11-13H,4-10,14H2,1-3H3. The smallest absolute Gasteiger partial charge is 0.00126 e. The first-order valence-corrected chi connectivity index (χ1v) is 6.56. The van der Waals surface area contributed by atoms with Crippen LogP contribution in [0.5, 0.6) is 0 Å². The fourth-order valence-corrected chi connectivity index (χ4v) is 2.39. The molecule has 0 radical (unpaired) electrons. The van der Waals surface area contributed by atoms with Crippen molar-refractivity contribution in [3.05, 3.63) is 0 Å². The summed E-state index contributed by atoms with van der Waals surface area (Å²) in [5, 5.41) is 0. The number of nitrogens with zero attached hydrogens (tertiary/aromatic N) is 1. The molecular formula is C13H28N2. The molecule has 1 aliphatic heterocycles. The van der Waals surface area contributed by atoms with Crippen LogP contribution in [-0.2, 0) is 0 Å². The maximum absolute atomic E-state index is 5.61. The largest absolute Gasteiger partial charge is 0.330 e. The molecule has 1 rings (SSSR count). The molecule has 2 heteroatoms. The van der Waals surface area contributed by atoms with E-state index in [0.29, 0.717) is 5.92 Å². The van der Waals surface area contributed by atoms with E-state index in [4.69, 9.17) is 5.73 Å². The van der Waals surface area contributed by atoms with Gasteiger partial charge in [0.15, 0.2) is 0 Å². The minimum atomic E-state index is 0.702. The van der Waals surface area contributed by atoms with Crippen molar-refractivity contribution in [1.29, 1.82) is 0 Å². The number of hydrogen-bond donors (Lipinski definition) is 1. The Bertz CT molecular complexity index is 168. The van der Waals surface area contributed by atoms with E-state index in [0.717, 1.165) is 18.4 Å². The molecule has 1 fully saturated rings. The summed E-state index contributed by atoms with van der Waals surface area (Å²) in [6, 6.07) is 0. The Morgan fingerprint density at radius 2 is 2.07 bits per heavy atom. The van der Waals surface area contributed by atoms with Gasteiger partial charge >= 0.3 is 0 Å². The molecule has 15 heavy (non-hydrogen) atoms. The summed E-state index contributed by atoms with van der Waals surface area (Å²) in [6.07, 6.45) is 4.02. The second-order valence-electron chi connectivity index (χ2n) is 5.58. The van der Waals surface area contributed by atoms with E-state index in [1.54, 1.807) is 0 Å². The van der Waals surface area contributed by atoms with Crippen molar-refractivity contribution >= 4 is 0 Å². The Balaban J connectivity index is 2.09. The molecule has 1 heterocycles. The number of nitrogens with two attached hydrogens (primary N) is 1. The summed E-state index contributed by atoms with van der Waals surface area (Å²) >= 11 is 0. The molecule has 0 aromatic carbocycles. The molecule has 0 spiro atoms. The van der Waals surface area contributed by atoms with Crippen molar-refractivity contribution in [3.8, 4) is 0 Å². The molecule has 90 valence electrons. The van der Waals surface area contributed by atoms with Gasteiger partial charge in [-0.2, -0.15) is 0 Å². The molecule has 0 amide bonds. The summed E-state index contributed by atoms with van der Waals surface area (Å²) < 4.78 is 0. The number of likely N-dealkylation sites (tertiary alicyclic amines) is 1. The van der Waals surface area contributed by atoms with Crippen molar-refractivity contribution in [2.24, 2.45) is 23.5 Å². The molecule has 2 N–H and O–H groups in total. The molecule has 2 unspecified atom stereocenters. The number of hydrogen-bond acceptors (Lipinski definition) is 2. The summed E-state index contributed by atoms with van der Waals surface area (Å²) in [4.78, 5) is 2.63. The third-order valence-corrected chi connectivity index (χ3v) is 3.83. The lowest BCUT2D eigenvalue weighted by Gasteiger charge is -2.18. The molecule has 0 aliphatic carbocycles. The SMILES string of the molecule is CC(CN)CCCN1CCC(C(C)C)C1. The predicted octanol–water partition coefficient (Wildman–Crippen LogP) is 2.34. The van der Waals surface area contributed by atoms with Gasteiger partial charge in [-0.25, -0.2) is 0 Å². The van der Waals surface area contributed by atoms with Gasteiger partial charge in [-0.05, 0) is 56.7 Å². The second kappa shape index (κ2) is 6.49. The van der Waals surface area contributed by atoms with E-state index in [1.165, 1.54) is 38.9 Å². The van der Waals surface area contributed by atoms with Crippen LogP contribution < -0.4 is 5.73 Å². The van der Waals surface area contributed by atoms with Crippen LogP contribution in [0.2, 0.25) is 0 Å². The van der Waals surface area contributed by atoms with Gasteiger partial charge in [0.2, 0.25) is 0 Å². The minimum Gasteiger partial charge on any atom is -0.330 e. The van der Waals surface area contributed by atoms with Crippen LogP contribution in [0, 0.1) is 17.8 Å². The lowest BCUT2D eigenvalue weighted by atomic mass is 9.95. The summed E-state index contributed by atoms with van der Waals surface area (Å²) in [7, 11) is 0. The van der Waals surface area contributed by atoms with Gasteiger partial charge in [0.05, 0.1) is 0 Å². The first-order chi connectivity index (χ1) is 7.13. The van der Waals surface area contributed by atoms with Gasteiger partial charge < -0.3 is 10.6 Å². The highest BCUT2D eigenvalue weighted by Crippen LogP contribution is 2.23. The maximum atomic E-state index is 5.61. The molecule has 0 saturated carbocycles. The average Bonchev–Trinajstić information content (AvgIpc) is 2.66. The highest BCUT2D eigenvalue weighted by Gasteiger charge is 2.24. The first-order valence-electron chi connectivity index (χ1n) is 6.56. The van der Waals surface area contributed by atoms with Crippen molar-refractivity contribution in [2.75, 3.05) is 26.2 Å². The van der Waals surface area contributed by atoms with Crippen LogP contribution in [0.3, 0.4) is 0 Å². The normalized spacial score (nSPS) is 25.0. The van der Waals surface area contributed by atoms with Gasteiger partial charge in [0.25, 0.3) is 0 Å². The van der Waals surface area contributed by atoms with Gasteiger partial charge in [0, 0.05) is 6.54 Å². The zero-order chi connectivity index (χ0) is 11.3. The lowest BCUT2D eigenvalue weighted by molar-refractivity contribution is 0.291. The van der Waals surface area contributed by atoms with Crippen molar-refractivity contribution < 1.29 is 0 Å². The lowest BCUT2D eigenvalue weighted by Crippen LogP contribution is -2.24. The van der Waals surface area contributed by atoms with Crippen LogP contribution in [0.4, 0.5) is 0 Å². The van der Waals surface area contributed by atoms with Crippen molar-refractivity contribution in [1.82, 2.24) is 4.90 Å². The Labute approximate surface area is 95.2 Å². The van der Waals surface area contributed by atoms with Gasteiger partial charge in [-0.3, -0.25) is 0 Å². The van der Waals surface area contributed by atoms with Gasteiger partial charge in [-0.15, -0.1) is 0 Å². The highest BCUT2D eigenvalue weighted by atomic mass is 15.1. The fraction of sp³-hybridized carbons (Fsp3) is 1.00. The topological polar surface area (TPSA) is 29.3 Å². The van der Waals surface area contributed by atoms with Gasteiger partial charge in [0.1, 0.15) is 0 Å². The van der Waals surface area contributed by atoms with E-state index in [-0.39, 0.29) is 0 Å². The Morgan fingerprint density at radius 3 is 2.60 bits per heavy atom. The van der Waals surface area contributed by atoms with Crippen LogP contribution >= 0.6 is 0 Å². The molecule has 2 atom stereocenters. The third kappa shape index (κ3) is 4.52. The average molecular weight is 212 g/mol. The molecule has 1 aliphatic rings. The maximum Gasteiger partial charge on any atom is 0.00126 e. The fourth-order valence-electron chi connectivity index (χ4n) is 2.39. The van der Waals surface area contributed by atoms with Crippen LogP contribution in [0.1, 0.15) is 40.0 Å². The summed E-state index contributed by atoms with van der Waals surface area (Å²) in [5.41, 5.74) is 5.61. The van der Waals surface area contributed by atoms with Gasteiger partial charge in [-0.1, -0.05) is 20.8 Å². The van der Waals surface area contributed by atoms with Crippen molar-refractivity contribution in [2.45, 2.75) is 40.0 Å². The monoisotopic (exact) mass is 212 g/mol. The number of rotatable bonds is 6. The van der Waals surface area contributed by atoms with Crippen LogP contribution in [-0.4, -0.2) is 31.1 Å². The van der Waals surface area contributed by atoms with E-state index in [1.807, 2.05) is 0 Å². The third-order valence-electron chi connectivity index (χ3n) is 3.83. The zero-order valence-electron chi connectivity index (χ0n) is 10.7. The Morgan fingerprint density at radius 1 is 1.33 bits per heavy atom. The van der Waals surface area contributed by atoms with Crippen molar-refractivity contribution in [3.63, 3.8) is 0 Å². The highest BCUT2D eigenvalue weighted by molar-refractivity contribution is 4.77. The molecule has 0 aromatic rings. The Kier molecular flexibility index (Phi) is 5.62. The molecule has 0 aromatic heterocycles. The second-order valence-corrected chi connectivity index (χ2v) is 5.58. The zero-order valence-corrected chi connectivity index (χ0v) is 10.7. The van der Waals surface area contributed by atoms with E-state index >= 15 is 0 Å². The van der Waals surface area contributed by atoms with E-state index < -0.39 is 0 Å². The minimum absolute atomic E-state index is 0.702. The summed E-state index contributed by atoms with van der Waals surface area (Å²) in [6.45, 7) is 11.7. The van der Waals surface area contributed by atoms with Crippen LogP contribution in [0.25, 0.3) is 0 Å². The molecule has 2 nitrogen and oxygen atoms in total. The summed E-state index contributed by atoms with van der Waals surface area (Å²) in [5.74, 6) is 2.50. The Hall–Kier alpha value is -0.0800.